The Kier molecular flexibility index (Phi) is 3.17. The highest BCUT2D eigenvalue weighted by molar-refractivity contribution is 5.06. The molecule has 1 N–H and O–H groups in total. The first-order chi connectivity index (χ1) is 5.36. The van der Waals surface area contributed by atoms with Crippen molar-refractivity contribution in [1.29, 1.82) is 0 Å². The van der Waals surface area contributed by atoms with Crippen molar-refractivity contribution in [1.82, 2.24) is 5.32 Å². The van der Waals surface area contributed by atoms with Crippen LogP contribution in [0, 0.1) is 0 Å². The fraction of sp³-hybridized carbons (Fsp3) is 0.556. The van der Waals surface area contributed by atoms with Gasteiger partial charge in [0.15, 0.2) is 0 Å². The normalized spacial score (nSPS) is 10.4. The van der Waals surface area contributed by atoms with E-state index in [1.54, 1.807) is 0 Å². The number of hydrogen-bond donors (Lipinski definition) is 1. The second kappa shape index (κ2) is 4.19. The van der Waals surface area contributed by atoms with E-state index in [0.717, 1.165) is 30.9 Å². The highest BCUT2D eigenvalue weighted by Crippen LogP contribution is 2.09. The van der Waals surface area contributed by atoms with Crippen molar-refractivity contribution in [2.45, 2.75) is 26.3 Å². The first-order valence-electron chi connectivity index (χ1n) is 4.09. The molecule has 0 bridgehead atoms. The highest BCUT2D eigenvalue weighted by atomic mass is 16.3. The molecule has 1 heterocycles. The largest absolute Gasteiger partial charge is 0.465 e. The Morgan fingerprint density at radius 2 is 2.09 bits per heavy atom. The van der Waals surface area contributed by atoms with E-state index < -0.39 is 0 Å². The van der Waals surface area contributed by atoms with Gasteiger partial charge in [-0.2, -0.15) is 0 Å². The van der Waals surface area contributed by atoms with Gasteiger partial charge in [-0.1, -0.05) is 6.92 Å². The predicted molar refractivity (Wildman–Crippen MR) is 45.5 cm³/mol. The third-order valence-electron chi connectivity index (χ3n) is 1.56. The van der Waals surface area contributed by atoms with Crippen molar-refractivity contribution < 1.29 is 4.42 Å². The molecular formula is C9H15NO. The predicted octanol–water partition coefficient (Wildman–Crippen LogP) is 1.95. The molecule has 0 aliphatic rings. The SMILES string of the molecule is CCCc1ccc(CNC)o1. The van der Waals surface area contributed by atoms with Gasteiger partial charge in [-0.25, -0.2) is 0 Å². The van der Waals surface area contributed by atoms with Gasteiger partial charge in [-0.3, -0.25) is 0 Å². The molecule has 0 saturated heterocycles. The van der Waals surface area contributed by atoms with Crippen molar-refractivity contribution in [2.75, 3.05) is 7.05 Å². The van der Waals surface area contributed by atoms with Crippen LogP contribution in [0.3, 0.4) is 0 Å². The first kappa shape index (κ1) is 8.34. The summed E-state index contributed by atoms with van der Waals surface area (Å²) in [6.07, 6.45) is 2.19. The zero-order valence-corrected chi connectivity index (χ0v) is 7.18. The van der Waals surface area contributed by atoms with E-state index in [1.165, 1.54) is 0 Å². The minimum absolute atomic E-state index is 0.823. The molecule has 0 saturated carbocycles. The number of rotatable bonds is 4. The molecule has 1 rings (SSSR count). The molecule has 0 amide bonds. The summed E-state index contributed by atoms with van der Waals surface area (Å²) in [7, 11) is 1.92. The van der Waals surface area contributed by atoms with Crippen molar-refractivity contribution in [2.24, 2.45) is 0 Å². The topological polar surface area (TPSA) is 25.2 Å². The summed E-state index contributed by atoms with van der Waals surface area (Å²) in [5, 5.41) is 3.05. The van der Waals surface area contributed by atoms with E-state index in [2.05, 4.69) is 18.3 Å². The molecule has 0 aromatic carbocycles. The molecule has 0 fully saturated rings. The van der Waals surface area contributed by atoms with Gasteiger partial charge in [-0.15, -0.1) is 0 Å². The van der Waals surface area contributed by atoms with Crippen LogP contribution in [0.5, 0.6) is 0 Å². The Bertz CT molecular complexity index is 185. The summed E-state index contributed by atoms with van der Waals surface area (Å²) in [4.78, 5) is 0. The molecule has 2 heteroatoms. The van der Waals surface area contributed by atoms with Gasteiger partial charge in [0.25, 0.3) is 0 Å². The summed E-state index contributed by atoms with van der Waals surface area (Å²) in [6.45, 7) is 2.98. The van der Waals surface area contributed by atoms with Crippen LogP contribution < -0.4 is 5.32 Å². The zero-order chi connectivity index (χ0) is 8.10. The summed E-state index contributed by atoms with van der Waals surface area (Å²) in [6, 6.07) is 4.08. The minimum atomic E-state index is 0.823. The van der Waals surface area contributed by atoms with Gasteiger partial charge < -0.3 is 9.73 Å². The van der Waals surface area contributed by atoms with Crippen LogP contribution in [0.4, 0.5) is 0 Å². The number of furan rings is 1. The van der Waals surface area contributed by atoms with Crippen LogP contribution in [0.25, 0.3) is 0 Å². The molecule has 2 nitrogen and oxygen atoms in total. The third-order valence-corrected chi connectivity index (χ3v) is 1.56. The van der Waals surface area contributed by atoms with Crippen LogP contribution in [0.2, 0.25) is 0 Å². The Morgan fingerprint density at radius 3 is 2.73 bits per heavy atom. The van der Waals surface area contributed by atoms with Crippen LogP contribution in [-0.4, -0.2) is 7.05 Å². The Morgan fingerprint density at radius 1 is 1.36 bits per heavy atom. The lowest BCUT2D eigenvalue weighted by molar-refractivity contribution is 0.453. The summed E-state index contributed by atoms with van der Waals surface area (Å²) in [5.74, 6) is 2.12. The molecule has 1 aromatic heterocycles. The van der Waals surface area contributed by atoms with Gasteiger partial charge in [0.05, 0.1) is 6.54 Å². The molecule has 0 radical (unpaired) electrons. The average Bonchev–Trinajstić information content (AvgIpc) is 2.38. The second-order valence-corrected chi connectivity index (χ2v) is 2.65. The molecule has 1 aromatic rings. The van der Waals surface area contributed by atoms with E-state index in [9.17, 15) is 0 Å². The van der Waals surface area contributed by atoms with Crippen LogP contribution >= 0.6 is 0 Å². The van der Waals surface area contributed by atoms with E-state index in [1.807, 2.05) is 13.1 Å². The van der Waals surface area contributed by atoms with Crippen molar-refractivity contribution >= 4 is 0 Å². The zero-order valence-electron chi connectivity index (χ0n) is 7.18. The second-order valence-electron chi connectivity index (χ2n) is 2.65. The number of nitrogens with one attached hydrogen (secondary N) is 1. The fourth-order valence-corrected chi connectivity index (χ4v) is 1.07. The van der Waals surface area contributed by atoms with Crippen LogP contribution in [-0.2, 0) is 13.0 Å². The summed E-state index contributed by atoms with van der Waals surface area (Å²) < 4.78 is 5.50. The maximum absolute atomic E-state index is 5.50. The molecule has 0 aliphatic carbocycles. The first-order valence-corrected chi connectivity index (χ1v) is 4.09. The lowest BCUT2D eigenvalue weighted by atomic mass is 10.3. The molecule has 0 unspecified atom stereocenters. The highest BCUT2D eigenvalue weighted by Gasteiger charge is 1.98. The molecule has 0 aliphatic heterocycles. The van der Waals surface area contributed by atoms with Crippen LogP contribution in [0.15, 0.2) is 16.5 Å². The summed E-state index contributed by atoms with van der Waals surface area (Å²) >= 11 is 0. The number of aryl methyl sites for hydroxylation is 1. The Hall–Kier alpha value is -0.760. The lowest BCUT2D eigenvalue weighted by Gasteiger charge is -1.93. The smallest absolute Gasteiger partial charge is 0.117 e. The molecule has 0 spiro atoms. The minimum Gasteiger partial charge on any atom is -0.465 e. The van der Waals surface area contributed by atoms with Gasteiger partial charge >= 0.3 is 0 Å². The monoisotopic (exact) mass is 153 g/mol. The molecular weight excluding hydrogens is 138 g/mol. The van der Waals surface area contributed by atoms with E-state index in [0.29, 0.717) is 0 Å². The van der Waals surface area contributed by atoms with Gasteiger partial charge in [0.1, 0.15) is 11.5 Å². The van der Waals surface area contributed by atoms with Crippen molar-refractivity contribution in [3.63, 3.8) is 0 Å². The fourth-order valence-electron chi connectivity index (χ4n) is 1.07. The van der Waals surface area contributed by atoms with Crippen LogP contribution in [0.1, 0.15) is 24.9 Å². The molecule has 0 atom stereocenters. The maximum Gasteiger partial charge on any atom is 0.117 e. The van der Waals surface area contributed by atoms with Crippen molar-refractivity contribution in [3.05, 3.63) is 23.7 Å². The third kappa shape index (κ3) is 2.39. The molecule has 62 valence electrons. The van der Waals surface area contributed by atoms with Gasteiger partial charge in [0.2, 0.25) is 0 Å². The van der Waals surface area contributed by atoms with Gasteiger partial charge in [0, 0.05) is 6.42 Å². The van der Waals surface area contributed by atoms with E-state index >= 15 is 0 Å². The maximum atomic E-state index is 5.50. The number of hydrogen-bond acceptors (Lipinski definition) is 2. The lowest BCUT2D eigenvalue weighted by Crippen LogP contribution is -2.03. The quantitative estimate of drug-likeness (QED) is 0.715. The standard InChI is InChI=1S/C9H15NO/c1-3-4-8-5-6-9(11-8)7-10-2/h5-6,10H,3-4,7H2,1-2H3. The summed E-state index contributed by atoms with van der Waals surface area (Å²) in [5.41, 5.74) is 0. The van der Waals surface area contributed by atoms with Crippen molar-refractivity contribution in [3.8, 4) is 0 Å². The van der Waals surface area contributed by atoms with Gasteiger partial charge in [-0.05, 0) is 25.6 Å². The average molecular weight is 153 g/mol. The molecule has 11 heavy (non-hydrogen) atoms. The van der Waals surface area contributed by atoms with E-state index in [4.69, 9.17) is 4.42 Å². The Labute approximate surface area is 67.6 Å². The Balaban J connectivity index is 2.51. The van der Waals surface area contributed by atoms with E-state index in [-0.39, 0.29) is 0 Å².